The van der Waals surface area contributed by atoms with Gasteiger partial charge in [-0.3, -0.25) is 0 Å². The molecule has 0 heterocycles. The van der Waals surface area contributed by atoms with Gasteiger partial charge in [0.2, 0.25) is 11.5 Å². The zero-order valence-corrected chi connectivity index (χ0v) is 43.3. The molecule has 0 aromatic heterocycles. The number of rotatable bonds is 25. The molecule has 0 aliphatic rings. The second-order valence-corrected chi connectivity index (χ2v) is 18.8. The highest BCUT2D eigenvalue weighted by Gasteiger charge is 2.27. The zero-order chi connectivity index (χ0) is 53.7. The maximum Gasteiger partial charge on any atom is 0.407 e. The molecule has 0 aliphatic carbocycles. The SMILES string of the molecule is CC(C)(C)OC(=O)NCC(COC(=O)c1cc(OCc2ccccc2)c(OCc2ccccc2)c(OCc2ccccc2)c1)OC(=O)c1cc(OCc2ccccc2)c(OCc2ccccc2)c(OCc2ccccc2)c1. The van der Waals surface area contributed by atoms with Gasteiger partial charge in [-0.1, -0.05) is 182 Å². The molecular weight excluding hydrogens is 975 g/mol. The van der Waals surface area contributed by atoms with Crippen LogP contribution in [-0.4, -0.2) is 42.9 Å². The van der Waals surface area contributed by atoms with E-state index in [1.807, 2.05) is 182 Å². The van der Waals surface area contributed by atoms with Gasteiger partial charge < -0.3 is 47.9 Å². The molecule has 0 spiro atoms. The van der Waals surface area contributed by atoms with Crippen LogP contribution in [0.5, 0.6) is 34.5 Å². The first-order valence-electron chi connectivity index (χ1n) is 25.2. The van der Waals surface area contributed by atoms with Crippen molar-refractivity contribution in [3.63, 3.8) is 0 Å². The Balaban J connectivity index is 1.10. The van der Waals surface area contributed by atoms with Crippen molar-refractivity contribution in [1.82, 2.24) is 5.32 Å². The average Bonchev–Trinajstić information content (AvgIpc) is 3.47. The molecule has 8 aromatic carbocycles. The standard InChI is InChI=1S/C64H61NO12/c1-64(2,3)77-63(68)65-38-54(76-62(67)53-36-57(71-41-48-26-14-6-15-27-48)60(74-44-51-32-20-9-21-33-51)58(37-53)72-42-49-28-16-7-17-29-49)45-75-61(66)52-34-55(69-39-46-22-10-4-11-23-46)59(73-43-50-30-18-8-19-31-50)56(35-52)70-40-47-24-12-5-13-25-47/h4-37,54H,38-45H2,1-3H3,(H,65,68). The summed E-state index contributed by atoms with van der Waals surface area (Å²) in [6, 6.07) is 63.6. The number of nitrogens with one attached hydrogen (secondary N) is 1. The van der Waals surface area contributed by atoms with Crippen LogP contribution < -0.4 is 33.7 Å². The quantitative estimate of drug-likeness (QED) is 0.0429. The van der Waals surface area contributed by atoms with E-state index >= 15 is 0 Å². The number of carbonyl (C=O) groups excluding carboxylic acids is 3. The van der Waals surface area contributed by atoms with Crippen molar-refractivity contribution in [1.29, 1.82) is 0 Å². The number of benzene rings is 8. The highest BCUT2D eigenvalue weighted by Crippen LogP contribution is 2.42. The molecular formula is C64H61NO12. The first kappa shape index (κ1) is 54.0. The number of alkyl carbamates (subject to hydrolysis) is 1. The van der Waals surface area contributed by atoms with Crippen LogP contribution >= 0.6 is 0 Å². The lowest BCUT2D eigenvalue weighted by atomic mass is 10.1. The van der Waals surface area contributed by atoms with E-state index in [4.69, 9.17) is 42.6 Å². The van der Waals surface area contributed by atoms with Crippen LogP contribution in [-0.2, 0) is 53.9 Å². The van der Waals surface area contributed by atoms with Gasteiger partial charge in [-0.25, -0.2) is 14.4 Å². The largest absolute Gasteiger partial charge is 0.485 e. The maximum atomic E-state index is 14.5. The third kappa shape index (κ3) is 17.2. The van der Waals surface area contributed by atoms with Gasteiger partial charge in [0, 0.05) is 0 Å². The second kappa shape index (κ2) is 27.3. The van der Waals surface area contributed by atoms with Crippen LogP contribution in [0.2, 0.25) is 0 Å². The predicted octanol–water partition coefficient (Wildman–Crippen LogP) is 13.1. The Morgan fingerprint density at radius 2 is 0.688 bits per heavy atom. The van der Waals surface area contributed by atoms with Crippen molar-refractivity contribution in [2.75, 3.05) is 13.2 Å². The summed E-state index contributed by atoms with van der Waals surface area (Å²) in [5.41, 5.74) is 4.54. The second-order valence-electron chi connectivity index (χ2n) is 18.8. The smallest absolute Gasteiger partial charge is 0.407 e. The van der Waals surface area contributed by atoms with Crippen molar-refractivity contribution in [3.8, 4) is 34.5 Å². The number of esters is 2. The van der Waals surface area contributed by atoms with Gasteiger partial charge >= 0.3 is 18.0 Å². The van der Waals surface area contributed by atoms with Gasteiger partial charge in [0.05, 0.1) is 17.7 Å². The molecule has 1 N–H and O–H groups in total. The van der Waals surface area contributed by atoms with Gasteiger partial charge in [-0.15, -0.1) is 0 Å². The first-order valence-corrected chi connectivity index (χ1v) is 25.2. The molecule has 394 valence electrons. The van der Waals surface area contributed by atoms with Gasteiger partial charge in [-0.2, -0.15) is 0 Å². The summed E-state index contributed by atoms with van der Waals surface area (Å²) >= 11 is 0. The molecule has 77 heavy (non-hydrogen) atoms. The molecule has 0 saturated carbocycles. The minimum atomic E-state index is -1.24. The Morgan fingerprint density at radius 3 is 0.987 bits per heavy atom. The van der Waals surface area contributed by atoms with Crippen LogP contribution in [0.25, 0.3) is 0 Å². The third-order valence-corrected chi connectivity index (χ3v) is 11.5. The van der Waals surface area contributed by atoms with Gasteiger partial charge in [-0.05, 0) is 78.4 Å². The molecule has 13 nitrogen and oxygen atoms in total. The number of ether oxygens (including phenoxy) is 9. The van der Waals surface area contributed by atoms with E-state index in [9.17, 15) is 14.4 Å². The maximum absolute atomic E-state index is 14.5. The molecule has 0 fully saturated rings. The average molecular weight is 1040 g/mol. The fourth-order valence-corrected chi connectivity index (χ4v) is 7.62. The zero-order valence-electron chi connectivity index (χ0n) is 43.3. The summed E-state index contributed by atoms with van der Waals surface area (Å²) in [6.45, 7) is 5.27. The Kier molecular flexibility index (Phi) is 19.2. The Morgan fingerprint density at radius 1 is 0.403 bits per heavy atom. The molecule has 13 heteroatoms. The van der Waals surface area contributed by atoms with Crippen molar-refractivity contribution in [2.45, 2.75) is 72.1 Å². The molecule has 1 unspecified atom stereocenters. The Hall–Kier alpha value is -9.23. The number of hydrogen-bond donors (Lipinski definition) is 1. The highest BCUT2D eigenvalue weighted by atomic mass is 16.6. The minimum absolute atomic E-state index is 0.0308. The van der Waals surface area contributed by atoms with E-state index in [1.54, 1.807) is 20.8 Å². The van der Waals surface area contributed by atoms with E-state index in [0.29, 0.717) is 0 Å². The van der Waals surface area contributed by atoms with E-state index < -0.39 is 36.3 Å². The molecule has 0 radical (unpaired) electrons. The highest BCUT2D eigenvalue weighted by molar-refractivity contribution is 5.92. The van der Waals surface area contributed by atoms with Crippen LogP contribution in [0, 0.1) is 0 Å². The van der Waals surface area contributed by atoms with Crippen molar-refractivity contribution in [3.05, 3.63) is 251 Å². The van der Waals surface area contributed by atoms with E-state index in [-0.39, 0.29) is 91.8 Å². The summed E-state index contributed by atoms with van der Waals surface area (Å²) in [5.74, 6) is -0.222. The third-order valence-electron chi connectivity index (χ3n) is 11.5. The van der Waals surface area contributed by atoms with Crippen LogP contribution in [0.15, 0.2) is 206 Å². The summed E-state index contributed by atoms with van der Waals surface area (Å²) in [7, 11) is 0. The first-order chi connectivity index (χ1) is 37.5. The molecule has 0 aliphatic heterocycles. The number of amides is 1. The predicted molar refractivity (Wildman–Crippen MR) is 291 cm³/mol. The van der Waals surface area contributed by atoms with Crippen LogP contribution in [0.4, 0.5) is 4.79 Å². The lowest BCUT2D eigenvalue weighted by Gasteiger charge is -2.23. The van der Waals surface area contributed by atoms with Crippen molar-refractivity contribution in [2.24, 2.45) is 0 Å². The summed E-state index contributed by atoms with van der Waals surface area (Å²) in [6.07, 6.45) is -2.02. The van der Waals surface area contributed by atoms with E-state index in [2.05, 4.69) is 5.32 Å². The molecule has 1 amide bonds. The van der Waals surface area contributed by atoms with Crippen LogP contribution in [0.1, 0.15) is 74.9 Å². The molecule has 0 saturated heterocycles. The fraction of sp³-hybridized carbons (Fsp3) is 0.203. The number of hydrogen-bond acceptors (Lipinski definition) is 12. The van der Waals surface area contributed by atoms with Gasteiger partial charge in [0.15, 0.2) is 29.1 Å². The lowest BCUT2D eigenvalue weighted by molar-refractivity contribution is -0.00204. The van der Waals surface area contributed by atoms with E-state index in [1.165, 1.54) is 24.3 Å². The monoisotopic (exact) mass is 1040 g/mol. The van der Waals surface area contributed by atoms with Crippen molar-refractivity contribution < 1.29 is 57.0 Å². The van der Waals surface area contributed by atoms with E-state index in [0.717, 1.165) is 33.4 Å². The molecule has 0 bridgehead atoms. The molecule has 8 rings (SSSR count). The Bertz CT molecular complexity index is 2990. The summed E-state index contributed by atoms with van der Waals surface area (Å²) in [4.78, 5) is 42.0. The lowest BCUT2D eigenvalue weighted by Crippen LogP contribution is -2.40. The summed E-state index contributed by atoms with van der Waals surface area (Å²) < 4.78 is 56.1. The number of carbonyl (C=O) groups is 3. The van der Waals surface area contributed by atoms with Gasteiger partial charge in [0.1, 0.15) is 51.8 Å². The minimum Gasteiger partial charge on any atom is -0.485 e. The topological polar surface area (TPSA) is 146 Å². The van der Waals surface area contributed by atoms with Gasteiger partial charge in [0.25, 0.3) is 0 Å². The normalized spacial score (nSPS) is 11.3. The fourth-order valence-electron chi connectivity index (χ4n) is 7.62. The Labute approximate surface area is 449 Å². The van der Waals surface area contributed by atoms with Crippen LogP contribution in [0.3, 0.4) is 0 Å². The summed E-state index contributed by atoms with van der Waals surface area (Å²) in [5, 5.41) is 2.66. The van der Waals surface area contributed by atoms with Crippen molar-refractivity contribution >= 4 is 18.0 Å². The molecule has 1 atom stereocenters. The molecule has 8 aromatic rings.